The van der Waals surface area contributed by atoms with Crippen LogP contribution < -0.4 is 5.73 Å². The van der Waals surface area contributed by atoms with Crippen molar-refractivity contribution in [2.75, 3.05) is 5.73 Å². The Labute approximate surface area is 109 Å². The molecule has 0 atom stereocenters. The highest BCUT2D eigenvalue weighted by Gasteiger charge is 2.19. The van der Waals surface area contributed by atoms with Crippen LogP contribution >= 0.6 is 11.8 Å². The number of hydrogen-bond acceptors (Lipinski definition) is 6. The predicted octanol–water partition coefficient (Wildman–Crippen LogP) is 2.40. The summed E-state index contributed by atoms with van der Waals surface area (Å²) in [4.78, 5) is 17.3. The van der Waals surface area contributed by atoms with Crippen LogP contribution in [-0.2, 0) is 0 Å². The highest BCUT2D eigenvalue weighted by Crippen LogP contribution is 2.34. The summed E-state index contributed by atoms with van der Waals surface area (Å²) in [6.07, 6.45) is 0.937. The molecule has 0 aliphatic heterocycles. The first-order valence-electron chi connectivity index (χ1n) is 4.87. The molecule has 2 N–H and O–H groups in total. The molecule has 0 aliphatic rings. The summed E-state index contributed by atoms with van der Waals surface area (Å²) < 4.78 is 26.2. The molecule has 0 aliphatic carbocycles. The van der Waals surface area contributed by atoms with Crippen LogP contribution in [0.4, 0.5) is 20.4 Å². The Morgan fingerprint density at radius 2 is 2.11 bits per heavy atom. The van der Waals surface area contributed by atoms with Crippen molar-refractivity contribution in [3.63, 3.8) is 0 Å². The third-order valence-electron chi connectivity index (χ3n) is 2.05. The van der Waals surface area contributed by atoms with Gasteiger partial charge in [0.25, 0.3) is 0 Å². The van der Waals surface area contributed by atoms with E-state index in [0.717, 1.165) is 18.3 Å². The molecule has 1 aromatic carbocycles. The van der Waals surface area contributed by atoms with Gasteiger partial charge in [0.15, 0.2) is 5.03 Å². The van der Waals surface area contributed by atoms with Crippen LogP contribution in [0.15, 0.2) is 34.3 Å². The average molecular weight is 284 g/mol. The minimum absolute atomic E-state index is 0.00241. The molecule has 9 heteroatoms. The van der Waals surface area contributed by atoms with Gasteiger partial charge < -0.3 is 5.73 Å². The van der Waals surface area contributed by atoms with Gasteiger partial charge in [-0.05, 0) is 12.1 Å². The lowest BCUT2D eigenvalue weighted by atomic mass is 10.3. The number of halogens is 2. The maximum absolute atomic E-state index is 13.5. The number of hydrogen-bond donors (Lipinski definition) is 1. The monoisotopic (exact) mass is 284 g/mol. The zero-order valence-corrected chi connectivity index (χ0v) is 10.0. The smallest absolute Gasteiger partial charge is 0.320 e. The van der Waals surface area contributed by atoms with Crippen LogP contribution in [0, 0.1) is 21.7 Å². The molecular formula is C10H6F2N4O2S. The highest BCUT2D eigenvalue weighted by molar-refractivity contribution is 7.99. The molecule has 0 amide bonds. The van der Waals surface area contributed by atoms with Crippen LogP contribution in [-0.4, -0.2) is 14.9 Å². The summed E-state index contributed by atoms with van der Waals surface area (Å²) in [5, 5.41) is 10.7. The van der Waals surface area contributed by atoms with Gasteiger partial charge >= 0.3 is 5.69 Å². The fourth-order valence-corrected chi connectivity index (χ4v) is 2.11. The van der Waals surface area contributed by atoms with Crippen molar-refractivity contribution >= 4 is 23.4 Å². The predicted molar refractivity (Wildman–Crippen MR) is 63.6 cm³/mol. The number of nitrogen functional groups attached to an aromatic ring is 1. The second kappa shape index (κ2) is 5.14. The molecule has 2 rings (SSSR count). The maximum atomic E-state index is 13.5. The van der Waals surface area contributed by atoms with Crippen LogP contribution in [0.3, 0.4) is 0 Å². The van der Waals surface area contributed by atoms with E-state index in [9.17, 15) is 18.9 Å². The molecule has 0 unspecified atom stereocenters. The van der Waals surface area contributed by atoms with E-state index >= 15 is 0 Å². The van der Waals surface area contributed by atoms with Crippen LogP contribution in [0.1, 0.15) is 0 Å². The minimum Gasteiger partial charge on any atom is -0.368 e. The average Bonchev–Trinajstić information content (AvgIpc) is 2.32. The third-order valence-corrected chi connectivity index (χ3v) is 3.10. The lowest BCUT2D eigenvalue weighted by molar-refractivity contribution is -0.388. The van der Waals surface area contributed by atoms with Gasteiger partial charge in [0.05, 0.1) is 4.92 Å². The molecule has 0 saturated heterocycles. The van der Waals surface area contributed by atoms with E-state index in [1.54, 1.807) is 0 Å². The molecule has 0 saturated carbocycles. The molecule has 1 aromatic heterocycles. The van der Waals surface area contributed by atoms with Gasteiger partial charge in [-0.25, -0.2) is 13.8 Å². The summed E-state index contributed by atoms with van der Waals surface area (Å²) in [7, 11) is 0. The van der Waals surface area contributed by atoms with Crippen molar-refractivity contribution in [3.8, 4) is 0 Å². The molecule has 98 valence electrons. The van der Waals surface area contributed by atoms with Crippen LogP contribution in [0.5, 0.6) is 0 Å². The first kappa shape index (κ1) is 13.1. The fourth-order valence-electron chi connectivity index (χ4n) is 1.24. The standard InChI is InChI=1S/C10H6F2N4O2S/c11-5-1-2-8(6(12)3-5)19-9-7(16(17)18)4-14-10(13)15-9/h1-4H,(H2,13,14,15). The van der Waals surface area contributed by atoms with Crippen LogP contribution in [0.2, 0.25) is 0 Å². The van der Waals surface area contributed by atoms with Gasteiger partial charge in [-0.15, -0.1) is 0 Å². The Kier molecular flexibility index (Phi) is 3.56. The Bertz CT molecular complexity index is 653. The normalized spacial score (nSPS) is 10.4. The van der Waals surface area contributed by atoms with Crippen LogP contribution in [0.25, 0.3) is 0 Å². The first-order chi connectivity index (χ1) is 8.97. The Morgan fingerprint density at radius 3 is 2.74 bits per heavy atom. The van der Waals surface area contributed by atoms with E-state index in [0.29, 0.717) is 17.8 Å². The van der Waals surface area contributed by atoms with Crippen molar-refractivity contribution < 1.29 is 13.7 Å². The zero-order chi connectivity index (χ0) is 14.0. The third kappa shape index (κ3) is 2.94. The second-order valence-corrected chi connectivity index (χ2v) is 4.38. The van der Waals surface area contributed by atoms with E-state index in [1.807, 2.05) is 0 Å². The summed E-state index contributed by atoms with van der Waals surface area (Å²) >= 11 is 0.678. The van der Waals surface area contributed by atoms with E-state index in [1.165, 1.54) is 0 Å². The molecule has 0 fully saturated rings. The summed E-state index contributed by atoms with van der Waals surface area (Å²) in [5.41, 5.74) is 4.93. The molecule has 2 aromatic rings. The van der Waals surface area contributed by atoms with Gasteiger partial charge in [0.2, 0.25) is 5.95 Å². The van der Waals surface area contributed by atoms with E-state index in [-0.39, 0.29) is 15.9 Å². The molecule has 6 nitrogen and oxygen atoms in total. The van der Waals surface area contributed by atoms with Gasteiger partial charge in [0, 0.05) is 11.0 Å². The molecule has 0 bridgehead atoms. The van der Waals surface area contributed by atoms with Crippen molar-refractivity contribution in [2.24, 2.45) is 0 Å². The molecule has 1 heterocycles. The summed E-state index contributed by atoms with van der Waals surface area (Å²) in [6.45, 7) is 0. The van der Waals surface area contributed by atoms with E-state index in [4.69, 9.17) is 5.73 Å². The minimum atomic E-state index is -0.837. The molecule has 19 heavy (non-hydrogen) atoms. The first-order valence-corrected chi connectivity index (χ1v) is 5.69. The van der Waals surface area contributed by atoms with Gasteiger partial charge in [-0.2, -0.15) is 4.98 Å². The van der Waals surface area contributed by atoms with Crippen molar-refractivity contribution in [3.05, 3.63) is 46.1 Å². The number of rotatable bonds is 3. The Hall–Kier alpha value is -2.29. The fraction of sp³-hybridized carbons (Fsp3) is 0. The number of nitrogens with two attached hydrogens (primary N) is 1. The molecule has 0 radical (unpaired) electrons. The zero-order valence-electron chi connectivity index (χ0n) is 9.21. The number of nitro groups is 1. The van der Waals surface area contributed by atoms with E-state index in [2.05, 4.69) is 9.97 Å². The number of anilines is 1. The second-order valence-electron chi connectivity index (χ2n) is 3.35. The quantitative estimate of drug-likeness (QED) is 0.528. The van der Waals surface area contributed by atoms with Gasteiger partial charge in [-0.3, -0.25) is 10.1 Å². The highest BCUT2D eigenvalue weighted by atomic mass is 32.2. The number of nitrogens with zero attached hydrogens (tertiary/aromatic N) is 3. The topological polar surface area (TPSA) is 94.9 Å². The molecule has 0 spiro atoms. The number of benzene rings is 1. The maximum Gasteiger partial charge on any atom is 0.320 e. The number of aromatic nitrogens is 2. The SMILES string of the molecule is Nc1ncc([N+](=O)[O-])c(Sc2ccc(F)cc2F)n1. The lowest BCUT2D eigenvalue weighted by Gasteiger charge is -2.03. The van der Waals surface area contributed by atoms with Crippen molar-refractivity contribution in [1.29, 1.82) is 0 Å². The lowest BCUT2D eigenvalue weighted by Crippen LogP contribution is -2.00. The van der Waals surface area contributed by atoms with Gasteiger partial charge in [0.1, 0.15) is 17.8 Å². The largest absolute Gasteiger partial charge is 0.368 e. The van der Waals surface area contributed by atoms with E-state index < -0.39 is 22.2 Å². The Balaban J connectivity index is 2.42. The Morgan fingerprint density at radius 1 is 1.37 bits per heavy atom. The van der Waals surface area contributed by atoms with Crippen molar-refractivity contribution in [1.82, 2.24) is 9.97 Å². The summed E-state index contributed by atoms with van der Waals surface area (Å²) in [6, 6.07) is 2.89. The van der Waals surface area contributed by atoms with Gasteiger partial charge in [-0.1, -0.05) is 11.8 Å². The van der Waals surface area contributed by atoms with Crippen molar-refractivity contribution in [2.45, 2.75) is 9.92 Å². The summed E-state index contributed by atoms with van der Waals surface area (Å²) in [5.74, 6) is -1.74. The molecular weight excluding hydrogens is 278 g/mol.